The van der Waals surface area contributed by atoms with E-state index in [0.29, 0.717) is 0 Å². The number of halogens is 1. The molecule has 0 bridgehead atoms. The highest BCUT2D eigenvalue weighted by Crippen LogP contribution is 2.29. The fourth-order valence-corrected chi connectivity index (χ4v) is 2.71. The van der Waals surface area contributed by atoms with Gasteiger partial charge in [0, 0.05) is 23.4 Å². The average molecular weight is 328 g/mol. The first-order valence-corrected chi connectivity index (χ1v) is 6.08. The van der Waals surface area contributed by atoms with Crippen LogP contribution in [0.3, 0.4) is 0 Å². The zero-order valence-electron chi connectivity index (χ0n) is 9.24. The normalized spacial score (nSPS) is 11.2. The molecule has 0 radical (unpaired) electrons. The van der Waals surface area contributed by atoms with Crippen LogP contribution in [0.1, 0.15) is 11.9 Å². The van der Waals surface area contributed by atoms with Gasteiger partial charge in [-0.2, -0.15) is 0 Å². The van der Waals surface area contributed by atoms with Crippen LogP contribution in [0.15, 0.2) is 36.4 Å². The Morgan fingerprint density at radius 1 is 1.00 bits per heavy atom. The molecule has 0 aromatic heterocycles. The fraction of sp³-hybridized carbons (Fsp3) is 0.231. The summed E-state index contributed by atoms with van der Waals surface area (Å²) < 4.78 is 11.8. The fourth-order valence-electron chi connectivity index (χ4n) is 1.78. The lowest BCUT2D eigenvalue weighted by Gasteiger charge is -2.16. The Bertz CT molecular complexity index is 492. The highest BCUT2D eigenvalue weighted by atomic mass is 127. The average Bonchev–Trinajstić information content (AvgIpc) is 2.34. The largest absolute Gasteiger partial charge is 0.352 e. The molecule has 2 nitrogen and oxygen atoms in total. The van der Waals surface area contributed by atoms with E-state index in [1.165, 1.54) is 14.3 Å². The molecule has 0 atom stereocenters. The van der Waals surface area contributed by atoms with Gasteiger partial charge in [0.25, 0.3) is 0 Å². The van der Waals surface area contributed by atoms with Crippen LogP contribution in [-0.4, -0.2) is 14.2 Å². The van der Waals surface area contributed by atoms with E-state index in [1.807, 2.05) is 12.1 Å². The van der Waals surface area contributed by atoms with Crippen molar-refractivity contribution in [3.8, 4) is 0 Å². The van der Waals surface area contributed by atoms with Gasteiger partial charge < -0.3 is 9.47 Å². The molecule has 0 saturated carbocycles. The minimum absolute atomic E-state index is 0.295. The summed E-state index contributed by atoms with van der Waals surface area (Å²) in [5.41, 5.74) is 1.07. The summed E-state index contributed by atoms with van der Waals surface area (Å²) in [5, 5.41) is 2.47. The monoisotopic (exact) mass is 328 g/mol. The van der Waals surface area contributed by atoms with Crippen molar-refractivity contribution in [1.29, 1.82) is 0 Å². The van der Waals surface area contributed by atoms with Crippen molar-refractivity contribution in [2.75, 3.05) is 14.2 Å². The third-order valence-electron chi connectivity index (χ3n) is 2.58. The van der Waals surface area contributed by atoms with Crippen molar-refractivity contribution in [3.63, 3.8) is 0 Å². The zero-order valence-corrected chi connectivity index (χ0v) is 11.4. The summed E-state index contributed by atoms with van der Waals surface area (Å²) in [6.45, 7) is 0. The predicted octanol–water partition coefficient (Wildman–Crippen LogP) is 3.74. The molecule has 2 aromatic rings. The van der Waals surface area contributed by atoms with E-state index in [-0.39, 0.29) is 6.29 Å². The molecule has 0 N–H and O–H groups in total. The van der Waals surface area contributed by atoms with Crippen LogP contribution in [-0.2, 0) is 9.47 Å². The first-order chi connectivity index (χ1) is 7.77. The number of benzene rings is 2. The van der Waals surface area contributed by atoms with Crippen LogP contribution in [0.2, 0.25) is 0 Å². The van der Waals surface area contributed by atoms with Crippen LogP contribution in [0.25, 0.3) is 10.8 Å². The molecule has 3 heteroatoms. The molecule has 16 heavy (non-hydrogen) atoms. The van der Waals surface area contributed by atoms with Gasteiger partial charge in [0.1, 0.15) is 0 Å². The molecule has 0 fully saturated rings. The van der Waals surface area contributed by atoms with Crippen LogP contribution < -0.4 is 0 Å². The number of hydrogen-bond acceptors (Lipinski definition) is 2. The minimum Gasteiger partial charge on any atom is -0.352 e. The molecule has 2 aromatic carbocycles. The van der Waals surface area contributed by atoms with E-state index in [9.17, 15) is 0 Å². The summed E-state index contributed by atoms with van der Waals surface area (Å²) in [6, 6.07) is 12.5. The third kappa shape index (κ3) is 2.07. The number of ether oxygens (including phenoxy) is 2. The highest BCUT2D eigenvalue weighted by molar-refractivity contribution is 14.1. The second-order valence-electron chi connectivity index (χ2n) is 3.49. The second-order valence-corrected chi connectivity index (χ2v) is 4.57. The van der Waals surface area contributed by atoms with E-state index in [2.05, 4.69) is 46.9 Å². The van der Waals surface area contributed by atoms with E-state index < -0.39 is 0 Å². The molecule has 0 unspecified atom stereocenters. The Labute approximate surface area is 109 Å². The number of methoxy groups -OCH3 is 2. The molecule has 0 aliphatic rings. The van der Waals surface area contributed by atoms with E-state index in [0.717, 1.165) is 5.56 Å². The molecule has 2 rings (SSSR count). The lowest BCUT2D eigenvalue weighted by atomic mass is 10.1. The second kappa shape index (κ2) is 5.12. The highest BCUT2D eigenvalue weighted by Gasteiger charge is 2.14. The lowest BCUT2D eigenvalue weighted by molar-refractivity contribution is -0.106. The quantitative estimate of drug-likeness (QED) is 0.631. The van der Waals surface area contributed by atoms with Crippen molar-refractivity contribution >= 4 is 33.4 Å². The van der Waals surface area contributed by atoms with Crippen LogP contribution in [0, 0.1) is 3.57 Å². The van der Waals surface area contributed by atoms with Gasteiger partial charge in [-0.3, -0.25) is 0 Å². The zero-order chi connectivity index (χ0) is 11.5. The molecule has 0 saturated heterocycles. The van der Waals surface area contributed by atoms with Crippen molar-refractivity contribution in [2.45, 2.75) is 6.29 Å². The molecular weight excluding hydrogens is 315 g/mol. The van der Waals surface area contributed by atoms with Gasteiger partial charge in [-0.15, -0.1) is 0 Å². The van der Waals surface area contributed by atoms with Crippen molar-refractivity contribution in [3.05, 3.63) is 45.5 Å². The number of rotatable bonds is 3. The van der Waals surface area contributed by atoms with Gasteiger partial charge in [0.05, 0.1) is 0 Å². The molecule has 84 valence electrons. The summed E-state index contributed by atoms with van der Waals surface area (Å²) in [4.78, 5) is 0. The Kier molecular flexibility index (Phi) is 3.78. The van der Waals surface area contributed by atoms with E-state index in [4.69, 9.17) is 9.47 Å². The maximum atomic E-state index is 5.29. The first kappa shape index (κ1) is 11.8. The molecule has 0 aliphatic heterocycles. The van der Waals surface area contributed by atoms with Crippen molar-refractivity contribution in [1.82, 2.24) is 0 Å². The summed E-state index contributed by atoms with van der Waals surface area (Å²) >= 11 is 2.34. The summed E-state index contributed by atoms with van der Waals surface area (Å²) in [6.07, 6.45) is -0.295. The Hall–Kier alpha value is -0.650. The molecule has 0 amide bonds. The van der Waals surface area contributed by atoms with Gasteiger partial charge in [-0.1, -0.05) is 36.4 Å². The predicted molar refractivity (Wildman–Crippen MR) is 73.4 cm³/mol. The summed E-state index contributed by atoms with van der Waals surface area (Å²) in [5.74, 6) is 0. The minimum atomic E-state index is -0.295. The number of fused-ring (bicyclic) bond motifs is 1. The van der Waals surface area contributed by atoms with Crippen molar-refractivity contribution in [2.24, 2.45) is 0 Å². The van der Waals surface area contributed by atoms with Crippen LogP contribution in [0.5, 0.6) is 0 Å². The summed E-state index contributed by atoms with van der Waals surface area (Å²) in [7, 11) is 3.30. The Morgan fingerprint density at radius 3 is 2.38 bits per heavy atom. The number of hydrogen-bond donors (Lipinski definition) is 0. The molecule has 0 spiro atoms. The van der Waals surface area contributed by atoms with Gasteiger partial charge >= 0.3 is 0 Å². The maximum absolute atomic E-state index is 5.29. The Morgan fingerprint density at radius 2 is 1.69 bits per heavy atom. The van der Waals surface area contributed by atoms with Gasteiger partial charge in [-0.25, -0.2) is 0 Å². The maximum Gasteiger partial charge on any atom is 0.184 e. The first-order valence-electron chi connectivity index (χ1n) is 5.00. The Balaban J connectivity index is 2.60. The van der Waals surface area contributed by atoms with Gasteiger partial charge in [-0.05, 0) is 33.4 Å². The van der Waals surface area contributed by atoms with Crippen LogP contribution >= 0.6 is 22.6 Å². The van der Waals surface area contributed by atoms with Crippen LogP contribution in [0.4, 0.5) is 0 Å². The standard InChI is InChI=1S/C13H13IO2/c1-15-13(16-2)11-8-7-9-5-3-4-6-10(9)12(11)14/h3-8,13H,1-2H3. The van der Waals surface area contributed by atoms with E-state index in [1.54, 1.807) is 14.2 Å². The van der Waals surface area contributed by atoms with Gasteiger partial charge in [0.15, 0.2) is 6.29 Å². The van der Waals surface area contributed by atoms with E-state index >= 15 is 0 Å². The smallest absolute Gasteiger partial charge is 0.184 e. The molecular formula is C13H13IO2. The third-order valence-corrected chi connectivity index (χ3v) is 3.78. The molecule has 0 heterocycles. The van der Waals surface area contributed by atoms with Crippen molar-refractivity contribution < 1.29 is 9.47 Å². The molecule has 0 aliphatic carbocycles. The lowest BCUT2D eigenvalue weighted by Crippen LogP contribution is -2.05. The topological polar surface area (TPSA) is 18.5 Å². The SMILES string of the molecule is COC(OC)c1ccc2ccccc2c1I. The van der Waals surface area contributed by atoms with Gasteiger partial charge in [0.2, 0.25) is 0 Å².